The van der Waals surface area contributed by atoms with Gasteiger partial charge in [-0.2, -0.15) is 0 Å². The monoisotopic (exact) mass is 478 g/mol. The predicted molar refractivity (Wildman–Crippen MR) is 132 cm³/mol. The molecule has 1 aromatic heterocycles. The first-order valence-corrected chi connectivity index (χ1v) is 12.7. The topological polar surface area (TPSA) is 94.6 Å². The molecule has 1 N–H and O–H groups in total. The fourth-order valence-electron chi connectivity index (χ4n) is 4.48. The van der Waals surface area contributed by atoms with Gasteiger partial charge in [-0.15, -0.1) is 0 Å². The van der Waals surface area contributed by atoms with Crippen LogP contribution in [0.15, 0.2) is 42.6 Å². The van der Waals surface area contributed by atoms with Crippen LogP contribution in [0.5, 0.6) is 5.88 Å². The third-order valence-corrected chi connectivity index (χ3v) is 6.73. The number of ether oxygens (including phenoxy) is 2. The molecule has 0 spiro atoms. The van der Waals surface area contributed by atoms with Gasteiger partial charge >= 0.3 is 5.97 Å². The number of hydrogen-bond donors (Lipinski definition) is 1. The lowest BCUT2D eigenvalue weighted by Gasteiger charge is -2.27. The Kier molecular flexibility index (Phi) is 8.50. The zero-order chi connectivity index (χ0) is 24.6. The summed E-state index contributed by atoms with van der Waals surface area (Å²) in [6.07, 6.45) is 8.00. The first-order valence-electron chi connectivity index (χ1n) is 12.7. The number of Topliss-reactive ketones (excluding diaryl/α,β-unsaturated/α-hetero) is 1. The number of amides is 1. The number of carbonyl (C=O) groups excluding carboxylic acids is 3. The summed E-state index contributed by atoms with van der Waals surface area (Å²) in [6, 6.07) is 11.3. The average molecular weight is 479 g/mol. The molecule has 7 nitrogen and oxygen atoms in total. The van der Waals surface area contributed by atoms with Crippen molar-refractivity contribution in [3.8, 4) is 5.88 Å². The molecule has 0 atom stereocenters. The minimum Gasteiger partial charge on any atom is -0.474 e. The molecule has 0 unspecified atom stereocenters. The lowest BCUT2D eigenvalue weighted by atomic mass is 9.87. The molecular weight excluding hydrogens is 444 g/mol. The van der Waals surface area contributed by atoms with E-state index in [4.69, 9.17) is 9.47 Å². The minimum absolute atomic E-state index is 0.0120. The molecule has 2 aliphatic carbocycles. The molecule has 2 aromatic rings. The molecular formula is C28H34N2O5. The maximum absolute atomic E-state index is 12.5. The zero-order valence-electron chi connectivity index (χ0n) is 20.3. The van der Waals surface area contributed by atoms with E-state index >= 15 is 0 Å². The fraction of sp³-hybridized carbons (Fsp3) is 0.500. The van der Waals surface area contributed by atoms with Crippen molar-refractivity contribution in [1.82, 2.24) is 10.3 Å². The Hall–Kier alpha value is -3.22. The van der Waals surface area contributed by atoms with Crippen molar-refractivity contribution in [2.45, 2.75) is 70.3 Å². The first-order chi connectivity index (χ1) is 17.0. The van der Waals surface area contributed by atoms with Crippen LogP contribution < -0.4 is 10.1 Å². The number of benzene rings is 1. The van der Waals surface area contributed by atoms with Crippen LogP contribution in [0.4, 0.5) is 0 Å². The van der Waals surface area contributed by atoms with Crippen molar-refractivity contribution in [3.05, 3.63) is 59.3 Å². The quantitative estimate of drug-likeness (QED) is 0.282. The molecule has 0 radical (unpaired) electrons. The van der Waals surface area contributed by atoms with Crippen LogP contribution in [-0.4, -0.2) is 41.9 Å². The molecule has 2 saturated carbocycles. The van der Waals surface area contributed by atoms with Crippen LogP contribution >= 0.6 is 0 Å². The standard InChI is InChI=1S/C28H34N2O5/c1-2-34-28(33)22-11-14-24(15-12-22)35-26-16-13-23(18-30-26)25(31)4-3-17-29-27(32)21-9-7-20(8-10-21)19-5-6-19/h7-10,13,16,18-19,22,24H,2-6,11-12,14-15,17H2,1H3,(H,29,32). The van der Waals surface area contributed by atoms with Gasteiger partial charge in [-0.25, -0.2) is 4.98 Å². The Morgan fingerprint density at radius 1 is 0.943 bits per heavy atom. The molecule has 0 aliphatic heterocycles. The maximum atomic E-state index is 12.5. The van der Waals surface area contributed by atoms with Gasteiger partial charge in [0.05, 0.1) is 12.5 Å². The maximum Gasteiger partial charge on any atom is 0.308 e. The van der Waals surface area contributed by atoms with E-state index in [1.165, 1.54) is 18.4 Å². The van der Waals surface area contributed by atoms with E-state index in [1.54, 1.807) is 18.3 Å². The number of carbonyl (C=O) groups is 3. The molecule has 186 valence electrons. The van der Waals surface area contributed by atoms with E-state index in [0.717, 1.165) is 25.7 Å². The van der Waals surface area contributed by atoms with E-state index < -0.39 is 0 Å². The van der Waals surface area contributed by atoms with E-state index in [1.807, 2.05) is 31.2 Å². The highest BCUT2D eigenvalue weighted by Crippen LogP contribution is 2.39. The van der Waals surface area contributed by atoms with Crippen LogP contribution in [0.3, 0.4) is 0 Å². The van der Waals surface area contributed by atoms with Crippen LogP contribution in [0, 0.1) is 5.92 Å². The minimum atomic E-state index is -0.117. The van der Waals surface area contributed by atoms with Gasteiger partial charge in [0.25, 0.3) is 5.91 Å². The third-order valence-electron chi connectivity index (χ3n) is 6.73. The molecule has 2 aliphatic rings. The van der Waals surface area contributed by atoms with Crippen LogP contribution in [0.25, 0.3) is 0 Å². The van der Waals surface area contributed by atoms with Gasteiger partial charge in [-0.3, -0.25) is 14.4 Å². The number of pyridine rings is 1. The SMILES string of the molecule is CCOC(=O)C1CCC(Oc2ccc(C(=O)CCCNC(=O)c3ccc(C4CC4)cc3)cn2)CC1. The van der Waals surface area contributed by atoms with E-state index in [-0.39, 0.29) is 29.7 Å². The summed E-state index contributed by atoms with van der Waals surface area (Å²) < 4.78 is 11.1. The summed E-state index contributed by atoms with van der Waals surface area (Å²) in [5.74, 6) is 0.878. The van der Waals surface area contributed by atoms with Gasteiger partial charge in [-0.1, -0.05) is 12.1 Å². The fourth-order valence-corrected chi connectivity index (χ4v) is 4.48. The molecule has 1 heterocycles. The van der Waals surface area contributed by atoms with Crippen LogP contribution in [0.1, 0.15) is 90.5 Å². The highest BCUT2D eigenvalue weighted by Gasteiger charge is 2.28. The highest BCUT2D eigenvalue weighted by atomic mass is 16.5. The molecule has 7 heteroatoms. The van der Waals surface area contributed by atoms with Crippen molar-refractivity contribution in [3.63, 3.8) is 0 Å². The Bertz CT molecular complexity index is 1010. The largest absolute Gasteiger partial charge is 0.474 e. The second-order valence-electron chi connectivity index (χ2n) is 9.41. The summed E-state index contributed by atoms with van der Waals surface area (Å²) in [5.41, 5.74) is 2.49. The number of rotatable bonds is 11. The van der Waals surface area contributed by atoms with Gasteiger partial charge in [0.1, 0.15) is 6.10 Å². The van der Waals surface area contributed by atoms with Crippen molar-refractivity contribution in [1.29, 1.82) is 0 Å². The van der Waals surface area contributed by atoms with Gasteiger partial charge in [-0.05, 0) is 81.5 Å². The van der Waals surface area contributed by atoms with E-state index in [2.05, 4.69) is 10.3 Å². The average Bonchev–Trinajstić information content (AvgIpc) is 3.73. The Labute approximate surface area is 206 Å². The van der Waals surface area contributed by atoms with Crippen molar-refractivity contribution in [2.24, 2.45) is 5.92 Å². The smallest absolute Gasteiger partial charge is 0.308 e. The third kappa shape index (κ3) is 7.13. The molecule has 1 amide bonds. The van der Waals surface area contributed by atoms with Crippen LogP contribution in [0.2, 0.25) is 0 Å². The first kappa shape index (κ1) is 24.9. The van der Waals surface area contributed by atoms with Crippen LogP contribution in [-0.2, 0) is 9.53 Å². The summed E-state index contributed by atoms with van der Waals surface area (Å²) in [6.45, 7) is 2.67. The molecule has 4 rings (SSSR count). The number of esters is 1. The summed E-state index contributed by atoms with van der Waals surface area (Å²) in [4.78, 5) is 40.9. The summed E-state index contributed by atoms with van der Waals surface area (Å²) in [7, 11) is 0. The lowest BCUT2D eigenvalue weighted by Crippen LogP contribution is -2.29. The Morgan fingerprint density at radius 2 is 1.66 bits per heavy atom. The van der Waals surface area contributed by atoms with Gasteiger partial charge < -0.3 is 14.8 Å². The molecule has 2 fully saturated rings. The molecule has 35 heavy (non-hydrogen) atoms. The highest BCUT2D eigenvalue weighted by molar-refractivity contribution is 5.96. The molecule has 0 saturated heterocycles. The summed E-state index contributed by atoms with van der Waals surface area (Å²) in [5, 5.41) is 2.89. The number of ketones is 1. The predicted octanol–water partition coefficient (Wildman–Crippen LogP) is 4.85. The van der Waals surface area contributed by atoms with E-state index in [9.17, 15) is 14.4 Å². The number of nitrogens with zero attached hydrogens (tertiary/aromatic N) is 1. The summed E-state index contributed by atoms with van der Waals surface area (Å²) >= 11 is 0. The molecule has 1 aromatic carbocycles. The van der Waals surface area contributed by atoms with Crippen molar-refractivity contribution < 1.29 is 23.9 Å². The van der Waals surface area contributed by atoms with Gasteiger partial charge in [0.15, 0.2) is 5.78 Å². The second-order valence-corrected chi connectivity index (χ2v) is 9.41. The number of aromatic nitrogens is 1. The lowest BCUT2D eigenvalue weighted by molar-refractivity contribution is -0.149. The normalized spacial score (nSPS) is 19.6. The Morgan fingerprint density at radius 3 is 2.29 bits per heavy atom. The zero-order valence-corrected chi connectivity index (χ0v) is 20.3. The van der Waals surface area contributed by atoms with Crippen molar-refractivity contribution in [2.75, 3.05) is 13.2 Å². The Balaban J connectivity index is 1.14. The van der Waals surface area contributed by atoms with Gasteiger partial charge in [0, 0.05) is 36.4 Å². The van der Waals surface area contributed by atoms with Gasteiger partial charge in [0.2, 0.25) is 5.88 Å². The number of hydrogen-bond acceptors (Lipinski definition) is 6. The number of nitrogens with one attached hydrogen (secondary N) is 1. The van der Waals surface area contributed by atoms with Crippen molar-refractivity contribution >= 4 is 17.7 Å². The second kappa shape index (κ2) is 12.0. The molecule has 0 bridgehead atoms. The van der Waals surface area contributed by atoms with E-state index in [0.29, 0.717) is 48.9 Å².